The number of benzene rings is 1. The molecule has 0 spiro atoms. The molecule has 0 aliphatic carbocycles. The Hall–Kier alpha value is -1.23. The molecule has 1 aliphatic rings. The van der Waals surface area contributed by atoms with Crippen LogP contribution >= 0.6 is 11.8 Å². The fourth-order valence-corrected chi connectivity index (χ4v) is 3.10. The second-order valence-corrected chi connectivity index (χ2v) is 5.34. The minimum absolute atomic E-state index is 0.0238. The fourth-order valence-electron chi connectivity index (χ4n) is 1.86. The first-order valence-electron chi connectivity index (χ1n) is 5.44. The highest BCUT2D eigenvalue weighted by Crippen LogP contribution is 2.38. The minimum Gasteiger partial charge on any atom is -0.331 e. The molecule has 5 heteroatoms. The Bertz CT molecular complexity index is 425. The topological polar surface area (TPSA) is 23.6 Å². The molecule has 2 amide bonds. The molecule has 1 aromatic rings. The summed E-state index contributed by atoms with van der Waals surface area (Å²) < 4.78 is 13.2. The van der Waals surface area contributed by atoms with Crippen molar-refractivity contribution < 1.29 is 9.18 Å². The smallest absolute Gasteiger partial charge is 0.320 e. The van der Waals surface area contributed by atoms with E-state index in [0.717, 1.165) is 11.3 Å². The third-order valence-corrected chi connectivity index (χ3v) is 3.91. The summed E-state index contributed by atoms with van der Waals surface area (Å²) in [5, 5.41) is -0.0689. The second-order valence-electron chi connectivity index (χ2n) is 4.15. The third-order valence-electron chi connectivity index (χ3n) is 2.65. The molecule has 3 nitrogen and oxygen atoms in total. The lowest BCUT2D eigenvalue weighted by Gasteiger charge is -2.27. The van der Waals surface area contributed by atoms with Crippen molar-refractivity contribution in [3.8, 4) is 0 Å². The van der Waals surface area contributed by atoms with E-state index in [1.165, 1.54) is 12.1 Å². The molecule has 1 aromatic carbocycles. The molecule has 1 fully saturated rings. The lowest BCUT2D eigenvalue weighted by atomic mass is 10.2. The maximum Gasteiger partial charge on any atom is 0.320 e. The number of halogens is 1. The average molecular weight is 254 g/mol. The monoisotopic (exact) mass is 254 g/mol. The molecule has 0 saturated carbocycles. The van der Waals surface area contributed by atoms with Crippen LogP contribution in [0.25, 0.3) is 0 Å². The zero-order chi connectivity index (χ0) is 12.4. The van der Waals surface area contributed by atoms with Crippen molar-refractivity contribution in [2.75, 3.05) is 26.4 Å². The Kier molecular flexibility index (Phi) is 3.57. The van der Waals surface area contributed by atoms with Gasteiger partial charge in [-0.1, -0.05) is 12.1 Å². The lowest BCUT2D eigenvalue weighted by Crippen LogP contribution is -2.38. The van der Waals surface area contributed by atoms with E-state index in [1.807, 2.05) is 6.07 Å². The van der Waals surface area contributed by atoms with Crippen molar-refractivity contribution in [3.05, 3.63) is 35.6 Å². The minimum atomic E-state index is -0.257. The maximum atomic E-state index is 13.2. The average Bonchev–Trinajstić information content (AvgIpc) is 2.76. The number of nitrogens with zero attached hydrogens (tertiary/aromatic N) is 2. The highest BCUT2D eigenvalue weighted by atomic mass is 32.2. The maximum absolute atomic E-state index is 13.2. The van der Waals surface area contributed by atoms with Crippen LogP contribution in [0.1, 0.15) is 10.9 Å². The predicted octanol–water partition coefficient (Wildman–Crippen LogP) is 2.55. The van der Waals surface area contributed by atoms with Crippen molar-refractivity contribution in [3.63, 3.8) is 0 Å². The summed E-state index contributed by atoms with van der Waals surface area (Å²) in [4.78, 5) is 15.3. The normalized spacial score (nSPS) is 19.5. The van der Waals surface area contributed by atoms with Gasteiger partial charge in [0.15, 0.2) is 0 Å². The van der Waals surface area contributed by atoms with E-state index in [9.17, 15) is 9.18 Å². The van der Waals surface area contributed by atoms with Crippen LogP contribution in [0.2, 0.25) is 0 Å². The van der Waals surface area contributed by atoms with Gasteiger partial charge in [-0.2, -0.15) is 0 Å². The molecule has 0 N–H and O–H groups in total. The number of hydrogen-bond donors (Lipinski definition) is 0. The van der Waals surface area contributed by atoms with Crippen molar-refractivity contribution in [2.45, 2.75) is 5.37 Å². The van der Waals surface area contributed by atoms with Crippen LogP contribution in [-0.2, 0) is 0 Å². The number of carbonyl (C=O) groups is 1. The number of amides is 2. The zero-order valence-electron chi connectivity index (χ0n) is 9.89. The molecule has 1 unspecified atom stereocenters. The molecule has 0 aromatic heterocycles. The Morgan fingerprint density at radius 2 is 2.29 bits per heavy atom. The van der Waals surface area contributed by atoms with Gasteiger partial charge in [-0.3, -0.25) is 0 Å². The molecule has 1 saturated heterocycles. The second kappa shape index (κ2) is 4.96. The van der Waals surface area contributed by atoms with Crippen LogP contribution in [0.5, 0.6) is 0 Å². The van der Waals surface area contributed by atoms with Gasteiger partial charge < -0.3 is 9.80 Å². The first kappa shape index (κ1) is 12.2. The first-order valence-corrected chi connectivity index (χ1v) is 6.49. The summed E-state index contributed by atoms with van der Waals surface area (Å²) in [5.74, 6) is 0.632. The van der Waals surface area contributed by atoms with Crippen molar-refractivity contribution in [2.24, 2.45) is 0 Å². The van der Waals surface area contributed by atoms with Gasteiger partial charge in [-0.15, -0.1) is 11.8 Å². The molecule has 1 aliphatic heterocycles. The van der Waals surface area contributed by atoms with E-state index in [-0.39, 0.29) is 17.2 Å². The van der Waals surface area contributed by atoms with E-state index in [2.05, 4.69) is 0 Å². The summed E-state index contributed by atoms with van der Waals surface area (Å²) >= 11 is 1.67. The molecule has 92 valence electrons. The Balaban J connectivity index is 2.23. The van der Waals surface area contributed by atoms with E-state index in [4.69, 9.17) is 0 Å². The predicted molar refractivity (Wildman–Crippen MR) is 67.4 cm³/mol. The van der Waals surface area contributed by atoms with Crippen LogP contribution in [-0.4, -0.2) is 42.2 Å². The van der Waals surface area contributed by atoms with Gasteiger partial charge in [0.1, 0.15) is 11.2 Å². The summed E-state index contributed by atoms with van der Waals surface area (Å²) in [6.45, 7) is 0.711. The standard InChI is InChI=1S/C12H15FN2OS/c1-14(2)12(16)15-6-7-17-11(15)9-4-3-5-10(13)8-9/h3-5,8,11H,6-7H2,1-2H3. The van der Waals surface area contributed by atoms with E-state index in [1.54, 1.807) is 41.7 Å². The van der Waals surface area contributed by atoms with Gasteiger partial charge in [0.05, 0.1) is 0 Å². The number of carbonyl (C=O) groups excluding carboxylic acids is 1. The Morgan fingerprint density at radius 1 is 1.53 bits per heavy atom. The zero-order valence-corrected chi connectivity index (χ0v) is 10.7. The summed E-state index contributed by atoms with van der Waals surface area (Å²) in [7, 11) is 3.46. The highest BCUT2D eigenvalue weighted by Gasteiger charge is 2.31. The molecule has 0 bridgehead atoms. The van der Waals surface area contributed by atoms with Crippen LogP contribution in [0, 0.1) is 5.82 Å². The number of hydrogen-bond acceptors (Lipinski definition) is 2. The van der Waals surface area contributed by atoms with Gasteiger partial charge in [-0.25, -0.2) is 9.18 Å². The molecular formula is C12H15FN2OS. The SMILES string of the molecule is CN(C)C(=O)N1CCSC1c1cccc(F)c1. The van der Waals surface area contributed by atoms with E-state index < -0.39 is 0 Å². The van der Waals surface area contributed by atoms with Gasteiger partial charge in [0, 0.05) is 26.4 Å². The number of rotatable bonds is 1. The van der Waals surface area contributed by atoms with E-state index >= 15 is 0 Å². The Morgan fingerprint density at radius 3 is 2.94 bits per heavy atom. The van der Waals surface area contributed by atoms with Crippen LogP contribution in [0.3, 0.4) is 0 Å². The van der Waals surface area contributed by atoms with Gasteiger partial charge in [0.25, 0.3) is 0 Å². The van der Waals surface area contributed by atoms with Crippen molar-refractivity contribution in [1.29, 1.82) is 0 Å². The summed E-state index contributed by atoms with van der Waals surface area (Å²) in [5.41, 5.74) is 0.850. The molecular weight excluding hydrogens is 239 g/mol. The number of thioether (sulfide) groups is 1. The van der Waals surface area contributed by atoms with E-state index in [0.29, 0.717) is 6.54 Å². The van der Waals surface area contributed by atoms with Gasteiger partial charge in [-0.05, 0) is 17.7 Å². The largest absolute Gasteiger partial charge is 0.331 e. The summed E-state index contributed by atoms with van der Waals surface area (Å²) in [6.07, 6.45) is 0. The molecule has 1 heterocycles. The fraction of sp³-hybridized carbons (Fsp3) is 0.417. The molecule has 0 radical (unpaired) electrons. The van der Waals surface area contributed by atoms with Crippen LogP contribution in [0.15, 0.2) is 24.3 Å². The molecule has 17 heavy (non-hydrogen) atoms. The lowest BCUT2D eigenvalue weighted by molar-refractivity contribution is 0.173. The first-order chi connectivity index (χ1) is 8.09. The molecule has 1 atom stereocenters. The molecule has 2 rings (SSSR count). The quantitative estimate of drug-likeness (QED) is 0.769. The van der Waals surface area contributed by atoms with Crippen LogP contribution in [0.4, 0.5) is 9.18 Å². The number of urea groups is 1. The summed E-state index contributed by atoms with van der Waals surface area (Å²) in [6, 6.07) is 6.44. The van der Waals surface area contributed by atoms with Crippen molar-refractivity contribution in [1.82, 2.24) is 9.80 Å². The third kappa shape index (κ3) is 2.54. The van der Waals surface area contributed by atoms with Crippen LogP contribution < -0.4 is 0 Å². The van der Waals surface area contributed by atoms with Crippen molar-refractivity contribution >= 4 is 17.8 Å². The van der Waals surface area contributed by atoms with Gasteiger partial charge >= 0.3 is 6.03 Å². The van der Waals surface area contributed by atoms with Gasteiger partial charge in [0.2, 0.25) is 0 Å². The highest BCUT2D eigenvalue weighted by molar-refractivity contribution is 7.99. The Labute approximate surface area is 105 Å².